The second-order valence-electron chi connectivity index (χ2n) is 6.19. The number of rotatable bonds is 6. The Hall–Kier alpha value is -3.24. The van der Waals surface area contributed by atoms with Gasteiger partial charge in [-0.3, -0.25) is 0 Å². The van der Waals surface area contributed by atoms with E-state index in [2.05, 4.69) is 5.32 Å². The molecular weight excluding hydrogens is 369 g/mol. The van der Waals surface area contributed by atoms with Gasteiger partial charge in [-0.15, -0.1) is 0 Å². The van der Waals surface area contributed by atoms with Crippen molar-refractivity contribution in [1.29, 1.82) is 5.26 Å². The summed E-state index contributed by atoms with van der Waals surface area (Å²) in [5.41, 5.74) is -1.30. The molecular formula is C21H17F3N2O2. The van der Waals surface area contributed by atoms with Crippen LogP contribution in [0.1, 0.15) is 11.1 Å². The Morgan fingerprint density at radius 1 is 1.07 bits per heavy atom. The maximum atomic E-state index is 13.0. The van der Waals surface area contributed by atoms with Crippen molar-refractivity contribution < 1.29 is 23.0 Å². The van der Waals surface area contributed by atoms with Gasteiger partial charge in [-0.1, -0.05) is 36.4 Å². The van der Waals surface area contributed by atoms with Crippen molar-refractivity contribution in [2.75, 3.05) is 18.5 Å². The summed E-state index contributed by atoms with van der Waals surface area (Å²) in [7, 11) is 0. The number of halogens is 3. The quantitative estimate of drug-likeness (QED) is 0.651. The lowest BCUT2D eigenvalue weighted by atomic mass is 10.1. The second-order valence-corrected chi connectivity index (χ2v) is 6.19. The fraction of sp³-hybridized carbons (Fsp3) is 0.190. The number of hydrogen-bond acceptors (Lipinski definition) is 4. The van der Waals surface area contributed by atoms with Gasteiger partial charge in [-0.25, -0.2) is 0 Å². The summed E-state index contributed by atoms with van der Waals surface area (Å²) < 4.78 is 44.7. The zero-order chi connectivity index (χ0) is 20.1. The third-order valence-corrected chi connectivity index (χ3v) is 4.17. The number of alkyl halides is 3. The summed E-state index contributed by atoms with van der Waals surface area (Å²) >= 11 is 0. The van der Waals surface area contributed by atoms with Crippen molar-refractivity contribution in [2.24, 2.45) is 0 Å². The van der Waals surface area contributed by atoms with Gasteiger partial charge in [0, 0.05) is 17.6 Å². The third-order valence-electron chi connectivity index (χ3n) is 4.17. The van der Waals surface area contributed by atoms with Crippen molar-refractivity contribution in [2.45, 2.75) is 12.3 Å². The molecule has 3 aromatic rings. The van der Waals surface area contributed by atoms with Crippen molar-refractivity contribution in [3.63, 3.8) is 0 Å². The smallest absolute Gasteiger partial charge is 0.417 e. The molecule has 0 amide bonds. The van der Waals surface area contributed by atoms with E-state index < -0.39 is 23.4 Å². The molecule has 1 unspecified atom stereocenters. The Morgan fingerprint density at radius 2 is 1.82 bits per heavy atom. The van der Waals surface area contributed by atoms with Crippen molar-refractivity contribution >= 4 is 16.5 Å². The van der Waals surface area contributed by atoms with E-state index in [1.807, 2.05) is 36.4 Å². The number of ether oxygens (including phenoxy) is 1. The molecule has 0 aliphatic carbocycles. The molecule has 3 aromatic carbocycles. The molecule has 0 heterocycles. The molecule has 144 valence electrons. The Labute approximate surface area is 159 Å². The first kappa shape index (κ1) is 19.5. The Morgan fingerprint density at radius 3 is 2.57 bits per heavy atom. The number of benzene rings is 3. The first-order valence-corrected chi connectivity index (χ1v) is 8.52. The predicted octanol–water partition coefficient (Wildman–Crippen LogP) is 4.58. The van der Waals surface area contributed by atoms with E-state index in [1.54, 1.807) is 6.07 Å². The van der Waals surface area contributed by atoms with Gasteiger partial charge in [-0.05, 0) is 29.7 Å². The van der Waals surface area contributed by atoms with E-state index in [9.17, 15) is 18.3 Å². The van der Waals surface area contributed by atoms with Crippen LogP contribution in [0.15, 0.2) is 60.7 Å². The van der Waals surface area contributed by atoms with Crippen LogP contribution in [0.4, 0.5) is 18.9 Å². The van der Waals surface area contributed by atoms with Crippen LogP contribution in [0, 0.1) is 11.3 Å². The predicted molar refractivity (Wildman–Crippen MR) is 100 cm³/mol. The average Bonchev–Trinajstić information content (AvgIpc) is 2.69. The average molecular weight is 386 g/mol. The molecule has 0 bridgehead atoms. The Bertz CT molecular complexity index is 1010. The van der Waals surface area contributed by atoms with Crippen molar-refractivity contribution in [3.8, 4) is 11.8 Å². The van der Waals surface area contributed by atoms with Crippen LogP contribution in [-0.4, -0.2) is 24.4 Å². The summed E-state index contributed by atoms with van der Waals surface area (Å²) in [6.07, 6.45) is -5.57. The third kappa shape index (κ3) is 4.53. The van der Waals surface area contributed by atoms with Crippen molar-refractivity contribution in [1.82, 2.24) is 0 Å². The number of nitriles is 1. The van der Waals surface area contributed by atoms with Gasteiger partial charge >= 0.3 is 6.18 Å². The molecule has 0 fully saturated rings. The SMILES string of the molecule is N#Cc1ccc(NCC(O)COc2cccc3ccccc23)cc1C(F)(F)F. The molecule has 0 saturated carbocycles. The van der Waals surface area contributed by atoms with Gasteiger partial charge in [0.25, 0.3) is 0 Å². The zero-order valence-corrected chi connectivity index (χ0v) is 14.7. The van der Waals surface area contributed by atoms with Gasteiger partial charge in [0.2, 0.25) is 0 Å². The van der Waals surface area contributed by atoms with Crippen LogP contribution in [0.25, 0.3) is 10.8 Å². The molecule has 7 heteroatoms. The zero-order valence-electron chi connectivity index (χ0n) is 14.7. The minimum atomic E-state index is -4.63. The lowest BCUT2D eigenvalue weighted by Gasteiger charge is -2.16. The normalized spacial score (nSPS) is 12.4. The molecule has 0 spiro atoms. The number of aliphatic hydroxyl groups is 1. The first-order valence-electron chi connectivity index (χ1n) is 8.52. The molecule has 0 aliphatic heterocycles. The number of aliphatic hydroxyl groups excluding tert-OH is 1. The number of nitrogens with zero attached hydrogens (tertiary/aromatic N) is 1. The first-order chi connectivity index (χ1) is 13.4. The maximum Gasteiger partial charge on any atom is 0.417 e. The fourth-order valence-electron chi connectivity index (χ4n) is 2.79. The van der Waals surface area contributed by atoms with Crippen LogP contribution in [0.2, 0.25) is 0 Å². The molecule has 2 N–H and O–H groups in total. The van der Waals surface area contributed by atoms with Crippen LogP contribution < -0.4 is 10.1 Å². The summed E-state index contributed by atoms with van der Waals surface area (Å²) in [4.78, 5) is 0. The molecule has 3 rings (SSSR count). The van der Waals surface area contributed by atoms with Crippen molar-refractivity contribution in [3.05, 3.63) is 71.8 Å². The summed E-state index contributed by atoms with van der Waals surface area (Å²) in [6, 6.07) is 18.1. The van der Waals surface area contributed by atoms with Crippen LogP contribution >= 0.6 is 0 Å². The highest BCUT2D eigenvalue weighted by atomic mass is 19.4. The van der Waals surface area contributed by atoms with E-state index in [0.29, 0.717) is 5.75 Å². The van der Waals surface area contributed by atoms with Crippen LogP contribution in [-0.2, 0) is 6.18 Å². The number of nitrogens with one attached hydrogen (secondary N) is 1. The monoisotopic (exact) mass is 386 g/mol. The highest BCUT2D eigenvalue weighted by Gasteiger charge is 2.33. The van der Waals surface area contributed by atoms with Gasteiger partial charge in [0.05, 0.1) is 17.2 Å². The van der Waals surface area contributed by atoms with Gasteiger partial charge in [0.1, 0.15) is 18.5 Å². The Balaban J connectivity index is 1.62. The topological polar surface area (TPSA) is 65.3 Å². The van der Waals surface area contributed by atoms with E-state index in [4.69, 9.17) is 10.00 Å². The van der Waals surface area contributed by atoms with Gasteiger partial charge in [-0.2, -0.15) is 18.4 Å². The minimum absolute atomic E-state index is 0.00599. The highest BCUT2D eigenvalue weighted by Crippen LogP contribution is 2.33. The lowest BCUT2D eigenvalue weighted by molar-refractivity contribution is -0.137. The number of anilines is 1. The largest absolute Gasteiger partial charge is 0.490 e. The van der Waals surface area contributed by atoms with Crippen LogP contribution in [0.3, 0.4) is 0 Å². The molecule has 28 heavy (non-hydrogen) atoms. The molecule has 4 nitrogen and oxygen atoms in total. The highest BCUT2D eigenvalue weighted by molar-refractivity contribution is 5.88. The van der Waals surface area contributed by atoms with E-state index in [-0.39, 0.29) is 18.8 Å². The molecule has 0 aliphatic rings. The molecule has 1 atom stereocenters. The van der Waals surface area contributed by atoms with E-state index in [0.717, 1.165) is 22.9 Å². The number of hydrogen-bond donors (Lipinski definition) is 2. The number of fused-ring (bicyclic) bond motifs is 1. The maximum absolute atomic E-state index is 13.0. The lowest BCUT2D eigenvalue weighted by Crippen LogP contribution is -2.26. The Kier molecular flexibility index (Phi) is 5.71. The summed E-state index contributed by atoms with van der Waals surface area (Å²) in [5, 5.41) is 23.6. The van der Waals surface area contributed by atoms with E-state index in [1.165, 1.54) is 12.1 Å². The van der Waals surface area contributed by atoms with Gasteiger partial charge in [0.15, 0.2) is 0 Å². The van der Waals surface area contributed by atoms with E-state index >= 15 is 0 Å². The molecule has 0 aromatic heterocycles. The standard InChI is InChI=1S/C21H17F3N2O2/c22-21(23,24)19-10-16(9-8-15(19)11-25)26-12-17(27)13-28-20-7-3-5-14-4-1-2-6-18(14)20/h1-10,17,26-27H,12-13H2. The summed E-state index contributed by atoms with van der Waals surface area (Å²) in [6.45, 7) is -0.0304. The second kappa shape index (κ2) is 8.19. The fourth-order valence-corrected chi connectivity index (χ4v) is 2.79. The molecule has 0 saturated heterocycles. The summed E-state index contributed by atoms with van der Waals surface area (Å²) in [5.74, 6) is 0.620. The minimum Gasteiger partial charge on any atom is -0.490 e. The molecule has 0 radical (unpaired) electrons. The van der Waals surface area contributed by atoms with Crippen LogP contribution in [0.5, 0.6) is 5.75 Å². The van der Waals surface area contributed by atoms with Gasteiger partial charge < -0.3 is 15.2 Å².